The zero-order valence-electron chi connectivity index (χ0n) is 8.66. The van der Waals surface area contributed by atoms with Crippen molar-refractivity contribution in [1.29, 1.82) is 0 Å². The van der Waals surface area contributed by atoms with Gasteiger partial charge in [0.2, 0.25) is 0 Å². The van der Waals surface area contributed by atoms with Crippen molar-refractivity contribution in [3.05, 3.63) is 47.5 Å². The zero-order chi connectivity index (χ0) is 9.60. The van der Waals surface area contributed by atoms with Gasteiger partial charge in [-0.05, 0) is 37.7 Å². The summed E-state index contributed by atoms with van der Waals surface area (Å²) in [5.74, 6) is 0.872. The Labute approximate surface area is 85.6 Å². The van der Waals surface area contributed by atoms with Crippen molar-refractivity contribution >= 4 is 0 Å². The van der Waals surface area contributed by atoms with Gasteiger partial charge in [-0.2, -0.15) is 0 Å². The van der Waals surface area contributed by atoms with Crippen molar-refractivity contribution in [2.24, 2.45) is 5.92 Å². The number of hydrogen-bond acceptors (Lipinski definition) is 0. The van der Waals surface area contributed by atoms with Gasteiger partial charge in [-0.1, -0.05) is 42.0 Å². The molecule has 1 aromatic rings. The van der Waals surface area contributed by atoms with Crippen molar-refractivity contribution in [2.45, 2.75) is 31.6 Å². The van der Waals surface area contributed by atoms with Crippen LogP contribution in [0, 0.1) is 12.8 Å². The van der Waals surface area contributed by atoms with E-state index in [1.165, 1.54) is 30.4 Å². The van der Waals surface area contributed by atoms with Crippen LogP contribution in [0.3, 0.4) is 0 Å². The van der Waals surface area contributed by atoms with Crippen LogP contribution in [0.5, 0.6) is 0 Å². The molecule has 0 heterocycles. The van der Waals surface area contributed by atoms with Crippen molar-refractivity contribution < 1.29 is 0 Å². The molecule has 0 saturated heterocycles. The van der Waals surface area contributed by atoms with Crippen LogP contribution in [-0.2, 0) is 5.41 Å². The topological polar surface area (TPSA) is 0 Å². The van der Waals surface area contributed by atoms with Gasteiger partial charge in [0, 0.05) is 5.41 Å². The van der Waals surface area contributed by atoms with Gasteiger partial charge in [-0.3, -0.25) is 0 Å². The lowest BCUT2D eigenvalue weighted by Crippen LogP contribution is -2.16. The van der Waals surface area contributed by atoms with E-state index in [0.29, 0.717) is 5.41 Å². The maximum Gasteiger partial charge on any atom is 0.0138 e. The first kappa shape index (κ1) is 8.28. The zero-order valence-corrected chi connectivity index (χ0v) is 8.66. The third kappa shape index (κ3) is 1.06. The minimum atomic E-state index is 0.415. The van der Waals surface area contributed by atoms with Crippen molar-refractivity contribution in [2.75, 3.05) is 0 Å². The molecule has 0 nitrogen and oxygen atoms in total. The Bertz CT molecular complexity index is 372. The Kier molecular flexibility index (Phi) is 1.61. The second-order valence-corrected chi connectivity index (χ2v) is 4.88. The third-order valence-electron chi connectivity index (χ3n) is 3.90. The molecule has 0 heteroatoms. The monoisotopic (exact) mass is 184 g/mol. The van der Waals surface area contributed by atoms with E-state index in [1.54, 1.807) is 0 Å². The summed E-state index contributed by atoms with van der Waals surface area (Å²) in [7, 11) is 0. The molecule has 2 aliphatic rings. The molecule has 3 rings (SSSR count). The summed E-state index contributed by atoms with van der Waals surface area (Å²) in [6, 6.07) is 9.11. The van der Waals surface area contributed by atoms with Gasteiger partial charge in [-0.25, -0.2) is 0 Å². The quantitative estimate of drug-likeness (QED) is 0.585. The molecule has 2 bridgehead atoms. The molecule has 1 saturated carbocycles. The second kappa shape index (κ2) is 2.73. The highest BCUT2D eigenvalue weighted by molar-refractivity contribution is 5.38. The molecule has 2 atom stereocenters. The normalized spacial score (nSPS) is 33.9. The minimum absolute atomic E-state index is 0.415. The van der Waals surface area contributed by atoms with Crippen LogP contribution in [0.15, 0.2) is 36.4 Å². The van der Waals surface area contributed by atoms with E-state index >= 15 is 0 Å². The lowest BCUT2D eigenvalue weighted by atomic mass is 9.80. The first-order valence-electron chi connectivity index (χ1n) is 5.55. The molecule has 2 unspecified atom stereocenters. The summed E-state index contributed by atoms with van der Waals surface area (Å²) >= 11 is 0. The molecule has 14 heavy (non-hydrogen) atoms. The summed E-state index contributed by atoms with van der Waals surface area (Å²) in [5.41, 5.74) is 3.30. The number of aryl methyl sites for hydroxylation is 1. The fourth-order valence-electron chi connectivity index (χ4n) is 2.99. The molecule has 0 aromatic heterocycles. The minimum Gasteiger partial charge on any atom is -0.0845 e. The molecule has 0 aliphatic heterocycles. The molecular formula is C14H16. The lowest BCUT2D eigenvalue weighted by Gasteiger charge is -2.24. The Balaban J connectivity index is 2.02. The van der Waals surface area contributed by atoms with E-state index in [-0.39, 0.29) is 0 Å². The summed E-state index contributed by atoms with van der Waals surface area (Å²) in [5, 5.41) is 0. The van der Waals surface area contributed by atoms with Crippen LogP contribution in [0.4, 0.5) is 0 Å². The molecule has 0 spiro atoms. The van der Waals surface area contributed by atoms with E-state index in [4.69, 9.17) is 0 Å². The molecular weight excluding hydrogens is 168 g/mol. The Hall–Kier alpha value is -1.04. The van der Waals surface area contributed by atoms with Gasteiger partial charge < -0.3 is 0 Å². The summed E-state index contributed by atoms with van der Waals surface area (Å²) in [6.07, 6.45) is 8.98. The van der Waals surface area contributed by atoms with E-state index in [1.807, 2.05) is 0 Å². The second-order valence-electron chi connectivity index (χ2n) is 4.88. The van der Waals surface area contributed by atoms with E-state index in [9.17, 15) is 0 Å². The highest BCUT2D eigenvalue weighted by atomic mass is 14.4. The molecule has 0 amide bonds. The van der Waals surface area contributed by atoms with Crippen molar-refractivity contribution in [1.82, 2.24) is 0 Å². The average Bonchev–Trinajstić information content (AvgIpc) is 2.79. The van der Waals surface area contributed by atoms with Crippen LogP contribution < -0.4 is 0 Å². The Morgan fingerprint density at radius 2 is 2.00 bits per heavy atom. The van der Waals surface area contributed by atoms with Gasteiger partial charge >= 0.3 is 0 Å². The highest BCUT2D eigenvalue weighted by Crippen LogP contribution is 2.50. The molecule has 0 radical (unpaired) electrons. The van der Waals surface area contributed by atoms with Gasteiger partial charge in [0.15, 0.2) is 0 Å². The van der Waals surface area contributed by atoms with Gasteiger partial charge in [-0.15, -0.1) is 0 Å². The number of allylic oxidation sites excluding steroid dienone is 2. The van der Waals surface area contributed by atoms with Crippen molar-refractivity contribution in [3.8, 4) is 0 Å². The van der Waals surface area contributed by atoms with Crippen LogP contribution in [0.1, 0.15) is 30.4 Å². The number of hydrogen-bond donors (Lipinski definition) is 0. The van der Waals surface area contributed by atoms with Gasteiger partial charge in [0.1, 0.15) is 0 Å². The first-order valence-corrected chi connectivity index (χ1v) is 5.55. The molecule has 1 aromatic carbocycles. The number of fused-ring (bicyclic) bond motifs is 2. The number of rotatable bonds is 1. The summed E-state index contributed by atoms with van der Waals surface area (Å²) in [4.78, 5) is 0. The molecule has 2 aliphatic carbocycles. The Morgan fingerprint density at radius 3 is 2.50 bits per heavy atom. The molecule has 1 fully saturated rings. The largest absolute Gasteiger partial charge is 0.0845 e. The fourth-order valence-corrected chi connectivity index (χ4v) is 2.99. The van der Waals surface area contributed by atoms with Crippen molar-refractivity contribution in [3.63, 3.8) is 0 Å². The molecule has 72 valence electrons. The smallest absolute Gasteiger partial charge is 0.0138 e. The maximum atomic E-state index is 2.45. The summed E-state index contributed by atoms with van der Waals surface area (Å²) < 4.78 is 0. The standard InChI is InChI=1S/C14H16/c1-11-2-4-13(5-3-11)14-8-6-12(10-14)7-9-14/h2-6,8,12H,7,9-10H2,1H3. The average molecular weight is 184 g/mol. The van der Waals surface area contributed by atoms with Crippen LogP contribution >= 0.6 is 0 Å². The van der Waals surface area contributed by atoms with Gasteiger partial charge in [0.05, 0.1) is 0 Å². The predicted octanol–water partition coefficient (Wildman–Crippen LogP) is 3.60. The SMILES string of the molecule is Cc1ccc(C23C=CC(CC2)C3)cc1. The van der Waals surface area contributed by atoms with Crippen LogP contribution in [0.25, 0.3) is 0 Å². The lowest BCUT2D eigenvalue weighted by molar-refractivity contribution is 0.567. The van der Waals surface area contributed by atoms with Crippen LogP contribution in [0.2, 0.25) is 0 Å². The Morgan fingerprint density at radius 1 is 1.21 bits per heavy atom. The maximum absolute atomic E-state index is 2.45. The van der Waals surface area contributed by atoms with E-state index in [0.717, 1.165) is 5.92 Å². The summed E-state index contributed by atoms with van der Waals surface area (Å²) in [6.45, 7) is 2.16. The fraction of sp³-hybridized carbons (Fsp3) is 0.429. The van der Waals surface area contributed by atoms with Gasteiger partial charge in [0.25, 0.3) is 0 Å². The van der Waals surface area contributed by atoms with E-state index < -0.39 is 0 Å². The van der Waals surface area contributed by atoms with E-state index in [2.05, 4.69) is 43.3 Å². The number of benzene rings is 1. The highest BCUT2D eigenvalue weighted by Gasteiger charge is 2.41. The molecule has 0 N–H and O–H groups in total. The third-order valence-corrected chi connectivity index (χ3v) is 3.90. The first-order chi connectivity index (χ1) is 6.78. The predicted molar refractivity (Wildman–Crippen MR) is 59.3 cm³/mol. The van der Waals surface area contributed by atoms with Crippen LogP contribution in [-0.4, -0.2) is 0 Å².